The van der Waals surface area contributed by atoms with E-state index >= 15 is 0 Å². The molecule has 4 nitrogen and oxygen atoms in total. The summed E-state index contributed by atoms with van der Waals surface area (Å²) >= 11 is 0. The molecule has 1 aliphatic carbocycles. The van der Waals surface area contributed by atoms with E-state index in [1.807, 2.05) is 36.4 Å². The highest BCUT2D eigenvalue weighted by Gasteiger charge is 2.37. The van der Waals surface area contributed by atoms with Gasteiger partial charge in [-0.1, -0.05) is 74.4 Å². The van der Waals surface area contributed by atoms with Crippen molar-refractivity contribution in [3.8, 4) is 0 Å². The molecule has 0 unspecified atom stereocenters. The van der Waals surface area contributed by atoms with E-state index in [0.29, 0.717) is 31.0 Å². The SMILES string of the molecule is CCCC[C@@H]1C(S(=O)(=O)c2ccccc2)=C[C@@H](COCc2ccccc2)C[C@@H]1O. The third kappa shape index (κ3) is 5.56. The average molecular weight is 415 g/mol. The lowest BCUT2D eigenvalue weighted by Gasteiger charge is -2.33. The van der Waals surface area contributed by atoms with Gasteiger partial charge in [-0.2, -0.15) is 0 Å². The zero-order valence-corrected chi connectivity index (χ0v) is 17.7. The molecule has 5 heteroatoms. The standard InChI is InChI=1S/C24H30O4S/c1-2-3-14-22-23(25)15-20(18-28-17-19-10-6-4-7-11-19)16-24(22)29(26,27)21-12-8-5-9-13-21/h4-13,16,20,22-23,25H,2-3,14-15,17-18H2,1H3/t20-,22-,23-/m0/s1. The van der Waals surface area contributed by atoms with Crippen molar-refractivity contribution >= 4 is 9.84 Å². The third-order valence-corrected chi connectivity index (χ3v) is 7.40. The van der Waals surface area contributed by atoms with Crippen LogP contribution in [-0.2, 0) is 21.2 Å². The predicted molar refractivity (Wildman–Crippen MR) is 115 cm³/mol. The van der Waals surface area contributed by atoms with Crippen LogP contribution in [0, 0.1) is 11.8 Å². The summed E-state index contributed by atoms with van der Waals surface area (Å²) in [5, 5.41) is 10.8. The molecule has 1 aliphatic rings. The highest BCUT2D eigenvalue weighted by molar-refractivity contribution is 7.95. The lowest BCUT2D eigenvalue weighted by Crippen LogP contribution is -2.34. The van der Waals surface area contributed by atoms with Gasteiger partial charge in [0.25, 0.3) is 0 Å². The summed E-state index contributed by atoms with van der Waals surface area (Å²) in [6, 6.07) is 18.4. The number of aliphatic hydroxyl groups excluding tert-OH is 1. The second-order valence-electron chi connectivity index (χ2n) is 7.70. The van der Waals surface area contributed by atoms with E-state index in [1.54, 1.807) is 30.3 Å². The van der Waals surface area contributed by atoms with E-state index in [4.69, 9.17) is 4.74 Å². The van der Waals surface area contributed by atoms with Crippen LogP contribution in [0.3, 0.4) is 0 Å². The zero-order chi connectivity index (χ0) is 20.7. The van der Waals surface area contributed by atoms with Gasteiger partial charge in [-0.3, -0.25) is 0 Å². The van der Waals surface area contributed by atoms with E-state index in [1.165, 1.54) is 0 Å². The van der Waals surface area contributed by atoms with Crippen LogP contribution in [0.25, 0.3) is 0 Å². The van der Waals surface area contributed by atoms with Crippen LogP contribution in [0.1, 0.15) is 38.2 Å². The Bertz CT molecular complexity index is 891. The van der Waals surface area contributed by atoms with Crippen LogP contribution in [-0.4, -0.2) is 26.2 Å². The predicted octanol–water partition coefficient (Wildman–Crippen LogP) is 4.75. The van der Waals surface area contributed by atoms with Gasteiger partial charge in [0.2, 0.25) is 9.84 Å². The molecular formula is C24H30O4S. The summed E-state index contributed by atoms with van der Waals surface area (Å²) in [5.41, 5.74) is 1.07. The number of unbranched alkanes of at least 4 members (excludes halogenated alkanes) is 1. The molecule has 0 radical (unpaired) electrons. The van der Waals surface area contributed by atoms with E-state index in [2.05, 4.69) is 6.92 Å². The largest absolute Gasteiger partial charge is 0.392 e. The first-order valence-electron chi connectivity index (χ1n) is 10.3. The van der Waals surface area contributed by atoms with Crippen molar-refractivity contribution in [1.82, 2.24) is 0 Å². The van der Waals surface area contributed by atoms with E-state index in [0.717, 1.165) is 18.4 Å². The van der Waals surface area contributed by atoms with Crippen LogP contribution in [0.2, 0.25) is 0 Å². The highest BCUT2D eigenvalue weighted by atomic mass is 32.2. The summed E-state index contributed by atoms with van der Waals surface area (Å²) in [6.07, 6.45) is 4.21. The number of hydrogen-bond acceptors (Lipinski definition) is 4. The van der Waals surface area contributed by atoms with Gasteiger partial charge in [0.05, 0.1) is 29.1 Å². The van der Waals surface area contributed by atoms with Crippen LogP contribution >= 0.6 is 0 Å². The second-order valence-corrected chi connectivity index (χ2v) is 9.65. The van der Waals surface area contributed by atoms with Crippen LogP contribution in [0.4, 0.5) is 0 Å². The fourth-order valence-electron chi connectivity index (χ4n) is 3.89. The molecular weight excluding hydrogens is 384 g/mol. The molecule has 29 heavy (non-hydrogen) atoms. The summed E-state index contributed by atoms with van der Waals surface area (Å²) in [4.78, 5) is 0.634. The number of benzene rings is 2. The van der Waals surface area contributed by atoms with Gasteiger partial charge in [-0.05, 0) is 30.5 Å². The molecule has 0 bridgehead atoms. The number of hydrogen-bond donors (Lipinski definition) is 1. The Kier molecular flexibility index (Phi) is 7.64. The maximum atomic E-state index is 13.3. The molecule has 0 heterocycles. The molecule has 2 aromatic carbocycles. The second kappa shape index (κ2) is 10.2. The third-order valence-electron chi connectivity index (χ3n) is 5.45. The Labute approximate surface area is 174 Å². The zero-order valence-electron chi connectivity index (χ0n) is 16.9. The van der Waals surface area contributed by atoms with Crippen molar-refractivity contribution in [2.24, 2.45) is 11.8 Å². The van der Waals surface area contributed by atoms with E-state index in [-0.39, 0.29) is 16.7 Å². The molecule has 156 valence electrons. The Balaban J connectivity index is 1.81. The number of rotatable bonds is 9. The van der Waals surface area contributed by atoms with Gasteiger partial charge in [-0.25, -0.2) is 8.42 Å². The van der Waals surface area contributed by atoms with E-state index in [9.17, 15) is 13.5 Å². The smallest absolute Gasteiger partial charge is 0.202 e. The maximum Gasteiger partial charge on any atom is 0.202 e. The Morgan fingerprint density at radius 3 is 2.34 bits per heavy atom. The number of aliphatic hydroxyl groups is 1. The van der Waals surface area contributed by atoms with Crippen LogP contribution in [0.5, 0.6) is 0 Å². The summed E-state index contributed by atoms with van der Waals surface area (Å²) in [7, 11) is -3.64. The first-order valence-corrected chi connectivity index (χ1v) is 11.8. The molecule has 0 saturated heterocycles. The normalized spacial score (nSPS) is 22.3. The van der Waals surface area contributed by atoms with Gasteiger partial charge in [0.15, 0.2) is 0 Å². The minimum atomic E-state index is -3.64. The van der Waals surface area contributed by atoms with Gasteiger partial charge in [-0.15, -0.1) is 0 Å². The number of sulfone groups is 1. The molecule has 2 aromatic rings. The Morgan fingerprint density at radius 2 is 1.69 bits per heavy atom. The summed E-state index contributed by atoms with van der Waals surface area (Å²) < 4.78 is 32.5. The molecule has 0 aromatic heterocycles. The topological polar surface area (TPSA) is 63.6 Å². The van der Waals surface area contributed by atoms with Gasteiger partial charge in [0.1, 0.15) is 0 Å². The van der Waals surface area contributed by atoms with Crippen molar-refractivity contribution < 1.29 is 18.3 Å². The Morgan fingerprint density at radius 1 is 1.03 bits per heavy atom. The Hall–Kier alpha value is -1.95. The van der Waals surface area contributed by atoms with Crippen molar-refractivity contribution in [1.29, 1.82) is 0 Å². The molecule has 0 saturated carbocycles. The minimum Gasteiger partial charge on any atom is -0.392 e. The highest BCUT2D eigenvalue weighted by Crippen LogP contribution is 2.38. The van der Waals surface area contributed by atoms with Crippen LogP contribution < -0.4 is 0 Å². The van der Waals surface area contributed by atoms with Gasteiger partial charge >= 0.3 is 0 Å². The fraction of sp³-hybridized carbons (Fsp3) is 0.417. The first-order chi connectivity index (χ1) is 14.0. The molecule has 0 amide bonds. The molecule has 0 spiro atoms. The van der Waals surface area contributed by atoms with Crippen molar-refractivity contribution in [3.05, 3.63) is 77.2 Å². The summed E-state index contributed by atoms with van der Waals surface area (Å²) in [6.45, 7) is 2.94. The van der Waals surface area contributed by atoms with Crippen molar-refractivity contribution in [2.45, 2.75) is 50.2 Å². The van der Waals surface area contributed by atoms with Crippen LogP contribution in [0.15, 0.2) is 76.5 Å². The van der Waals surface area contributed by atoms with Crippen molar-refractivity contribution in [3.63, 3.8) is 0 Å². The molecule has 1 N–H and O–H groups in total. The van der Waals surface area contributed by atoms with Gasteiger partial charge in [0, 0.05) is 11.8 Å². The molecule has 3 rings (SSSR count). The summed E-state index contributed by atoms with van der Waals surface area (Å²) in [5.74, 6) is -0.481. The minimum absolute atomic E-state index is 0.125. The first kappa shape index (κ1) is 21.8. The molecule has 0 fully saturated rings. The lowest BCUT2D eigenvalue weighted by atomic mass is 9.83. The molecule has 0 aliphatic heterocycles. The molecule has 3 atom stereocenters. The van der Waals surface area contributed by atoms with Gasteiger partial charge < -0.3 is 9.84 Å². The van der Waals surface area contributed by atoms with E-state index < -0.39 is 15.9 Å². The van der Waals surface area contributed by atoms with Crippen molar-refractivity contribution in [2.75, 3.05) is 6.61 Å². The fourth-order valence-corrected chi connectivity index (χ4v) is 5.72. The monoisotopic (exact) mass is 414 g/mol. The maximum absolute atomic E-state index is 13.3. The quantitative estimate of drug-likeness (QED) is 0.643. The average Bonchev–Trinajstić information content (AvgIpc) is 2.74. The number of ether oxygens (including phenoxy) is 1. The lowest BCUT2D eigenvalue weighted by molar-refractivity contribution is 0.0494.